The van der Waals surface area contributed by atoms with Crippen molar-refractivity contribution in [3.63, 3.8) is 0 Å². The summed E-state index contributed by atoms with van der Waals surface area (Å²) in [7, 11) is -3.57. The molecule has 114 valence electrons. The maximum absolute atomic E-state index is 12.6. The van der Waals surface area contributed by atoms with Crippen molar-refractivity contribution >= 4 is 9.84 Å². The molecule has 3 rings (SSSR count). The van der Waals surface area contributed by atoms with Crippen LogP contribution >= 0.6 is 0 Å². The van der Waals surface area contributed by atoms with Gasteiger partial charge in [0.2, 0.25) is 9.84 Å². The van der Waals surface area contributed by atoms with Crippen LogP contribution in [0, 0.1) is 12.1 Å². The molecule has 0 saturated heterocycles. The second-order valence-corrected chi connectivity index (χ2v) is 6.72. The second kappa shape index (κ2) is 6.62. The number of hydrogen-bond donors (Lipinski definition) is 0. The lowest BCUT2D eigenvalue weighted by Gasteiger charge is -2.08. The summed E-state index contributed by atoms with van der Waals surface area (Å²) < 4.78 is 30.7. The van der Waals surface area contributed by atoms with E-state index in [-0.39, 0.29) is 9.79 Å². The second-order valence-electron chi connectivity index (χ2n) is 4.77. The molecule has 0 aliphatic heterocycles. The van der Waals surface area contributed by atoms with Crippen LogP contribution in [0.2, 0.25) is 0 Å². The van der Waals surface area contributed by atoms with Gasteiger partial charge in [0.15, 0.2) is 0 Å². The van der Waals surface area contributed by atoms with Gasteiger partial charge in [-0.3, -0.25) is 4.98 Å². The SMILES string of the molecule is O=S(=O)(c1cc[c]cc1)c1cc[c]c(OCc2ccncc2)c1. The number of hydrogen-bond acceptors (Lipinski definition) is 4. The Morgan fingerprint density at radius 3 is 2.39 bits per heavy atom. The molecular weight excluding hydrogens is 310 g/mol. The zero-order valence-electron chi connectivity index (χ0n) is 12.1. The van der Waals surface area contributed by atoms with E-state index in [9.17, 15) is 8.42 Å². The van der Waals surface area contributed by atoms with Crippen molar-refractivity contribution in [1.29, 1.82) is 0 Å². The summed E-state index contributed by atoms with van der Waals surface area (Å²) in [6, 6.07) is 20.1. The van der Waals surface area contributed by atoms with Crippen LogP contribution in [-0.4, -0.2) is 13.4 Å². The van der Waals surface area contributed by atoms with Crippen LogP contribution in [-0.2, 0) is 16.4 Å². The quantitative estimate of drug-likeness (QED) is 0.724. The number of rotatable bonds is 5. The molecule has 23 heavy (non-hydrogen) atoms. The van der Waals surface area contributed by atoms with Gasteiger partial charge < -0.3 is 4.74 Å². The van der Waals surface area contributed by atoms with E-state index in [4.69, 9.17) is 4.74 Å². The minimum absolute atomic E-state index is 0.173. The molecule has 0 spiro atoms. The minimum Gasteiger partial charge on any atom is -0.488 e. The third-order valence-electron chi connectivity index (χ3n) is 3.20. The normalized spacial score (nSPS) is 11.1. The Balaban J connectivity index is 1.83. The van der Waals surface area contributed by atoms with Crippen LogP contribution in [0.4, 0.5) is 0 Å². The van der Waals surface area contributed by atoms with Crippen LogP contribution in [0.3, 0.4) is 0 Å². The first-order chi connectivity index (χ1) is 11.2. The molecule has 0 bridgehead atoms. The molecule has 5 heteroatoms. The Bertz CT molecular complexity index is 878. The Hall–Kier alpha value is -2.66. The van der Waals surface area contributed by atoms with E-state index in [1.54, 1.807) is 30.6 Å². The molecule has 1 aromatic heterocycles. The molecule has 3 aromatic rings. The Morgan fingerprint density at radius 1 is 0.957 bits per heavy atom. The lowest BCUT2D eigenvalue weighted by molar-refractivity contribution is 0.304. The molecule has 0 atom stereocenters. The summed E-state index contributed by atoms with van der Waals surface area (Å²) in [5.74, 6) is 0.380. The zero-order chi connectivity index (χ0) is 16.1. The van der Waals surface area contributed by atoms with Crippen LogP contribution in [0.1, 0.15) is 5.56 Å². The summed E-state index contributed by atoms with van der Waals surface area (Å²) in [5, 5.41) is 0. The van der Waals surface area contributed by atoms with Crippen molar-refractivity contribution in [2.24, 2.45) is 0 Å². The molecule has 2 aromatic carbocycles. The third-order valence-corrected chi connectivity index (χ3v) is 4.97. The maximum Gasteiger partial charge on any atom is 0.206 e. The fourth-order valence-electron chi connectivity index (χ4n) is 2.00. The smallest absolute Gasteiger partial charge is 0.206 e. The molecule has 1 heterocycles. The molecule has 4 nitrogen and oxygen atoms in total. The van der Waals surface area contributed by atoms with Crippen molar-refractivity contribution in [3.8, 4) is 5.75 Å². The fourth-order valence-corrected chi connectivity index (χ4v) is 3.28. The van der Waals surface area contributed by atoms with Crippen LogP contribution in [0.25, 0.3) is 0 Å². The number of pyridine rings is 1. The summed E-state index contributed by atoms with van der Waals surface area (Å²) in [5.41, 5.74) is 0.945. The highest BCUT2D eigenvalue weighted by Gasteiger charge is 2.17. The van der Waals surface area contributed by atoms with Crippen LogP contribution in [0.15, 0.2) is 76.8 Å². The maximum atomic E-state index is 12.6. The van der Waals surface area contributed by atoms with Crippen LogP contribution < -0.4 is 4.74 Å². The van der Waals surface area contributed by atoms with Gasteiger partial charge in [-0.15, -0.1) is 0 Å². The van der Waals surface area contributed by atoms with E-state index in [2.05, 4.69) is 17.1 Å². The van der Waals surface area contributed by atoms with E-state index in [0.717, 1.165) is 5.56 Å². The highest BCUT2D eigenvalue weighted by molar-refractivity contribution is 7.91. The number of benzene rings is 2. The van der Waals surface area contributed by atoms with Crippen molar-refractivity contribution < 1.29 is 13.2 Å². The summed E-state index contributed by atoms with van der Waals surface area (Å²) in [6.07, 6.45) is 3.35. The van der Waals surface area contributed by atoms with Gasteiger partial charge in [-0.25, -0.2) is 8.42 Å². The molecule has 0 amide bonds. The minimum atomic E-state index is -3.57. The van der Waals surface area contributed by atoms with Crippen molar-refractivity contribution in [2.75, 3.05) is 0 Å². The van der Waals surface area contributed by atoms with Gasteiger partial charge >= 0.3 is 0 Å². The van der Waals surface area contributed by atoms with E-state index in [0.29, 0.717) is 12.4 Å². The summed E-state index contributed by atoms with van der Waals surface area (Å²) in [4.78, 5) is 4.33. The lowest BCUT2D eigenvalue weighted by atomic mass is 10.3. The largest absolute Gasteiger partial charge is 0.488 e. The highest BCUT2D eigenvalue weighted by Crippen LogP contribution is 2.24. The first-order valence-corrected chi connectivity index (χ1v) is 8.39. The third kappa shape index (κ3) is 3.57. The Labute approximate surface area is 135 Å². The monoisotopic (exact) mass is 323 g/mol. The molecule has 0 aliphatic rings. The molecule has 0 fully saturated rings. The van der Waals surface area contributed by atoms with Crippen molar-refractivity contribution in [3.05, 3.63) is 84.7 Å². The van der Waals surface area contributed by atoms with Gasteiger partial charge in [0.1, 0.15) is 12.4 Å². The van der Waals surface area contributed by atoms with E-state index in [1.807, 2.05) is 12.1 Å². The molecule has 0 N–H and O–H groups in total. The highest BCUT2D eigenvalue weighted by atomic mass is 32.2. The first-order valence-electron chi connectivity index (χ1n) is 6.91. The predicted molar refractivity (Wildman–Crippen MR) is 84.6 cm³/mol. The summed E-state index contributed by atoms with van der Waals surface area (Å²) >= 11 is 0. The predicted octanol–water partition coefficient (Wildman–Crippen LogP) is 3.09. The molecule has 0 saturated carbocycles. The number of nitrogens with zero attached hydrogens (tertiary/aromatic N) is 1. The molecule has 0 aliphatic carbocycles. The van der Waals surface area contributed by atoms with Gasteiger partial charge in [-0.05, 0) is 54.1 Å². The van der Waals surface area contributed by atoms with Gasteiger partial charge in [0.25, 0.3) is 0 Å². The standard InChI is InChI=1S/C18H13NO3S/c20-23(21,17-6-2-1-3-7-17)18-8-4-5-16(13-18)22-14-15-9-11-19-12-10-15/h2-4,6-13H,14H2. The number of aromatic nitrogens is 1. The van der Waals surface area contributed by atoms with Crippen LogP contribution in [0.5, 0.6) is 5.75 Å². The number of ether oxygens (including phenoxy) is 1. The average Bonchev–Trinajstić information content (AvgIpc) is 2.62. The number of sulfone groups is 1. The molecule has 0 unspecified atom stereocenters. The van der Waals surface area contributed by atoms with Gasteiger partial charge in [0, 0.05) is 18.5 Å². The van der Waals surface area contributed by atoms with E-state index >= 15 is 0 Å². The topological polar surface area (TPSA) is 56.3 Å². The zero-order valence-corrected chi connectivity index (χ0v) is 13.0. The summed E-state index contributed by atoms with van der Waals surface area (Å²) in [6.45, 7) is 0.322. The lowest BCUT2D eigenvalue weighted by Crippen LogP contribution is -2.03. The molecular formula is C18H13NO3S. The van der Waals surface area contributed by atoms with Crippen molar-refractivity contribution in [1.82, 2.24) is 4.98 Å². The van der Waals surface area contributed by atoms with E-state index in [1.165, 1.54) is 24.3 Å². The van der Waals surface area contributed by atoms with Gasteiger partial charge in [-0.2, -0.15) is 0 Å². The first kappa shape index (κ1) is 15.2. The van der Waals surface area contributed by atoms with Crippen molar-refractivity contribution in [2.45, 2.75) is 16.4 Å². The Kier molecular flexibility index (Phi) is 4.39. The average molecular weight is 323 g/mol. The van der Waals surface area contributed by atoms with Gasteiger partial charge in [0.05, 0.1) is 9.79 Å². The fraction of sp³-hybridized carbons (Fsp3) is 0.0556. The van der Waals surface area contributed by atoms with E-state index < -0.39 is 9.84 Å². The Morgan fingerprint density at radius 2 is 1.65 bits per heavy atom. The molecule has 2 radical (unpaired) electrons. The van der Waals surface area contributed by atoms with Gasteiger partial charge in [-0.1, -0.05) is 12.1 Å².